The Morgan fingerprint density at radius 2 is 1.70 bits per heavy atom. The summed E-state index contributed by atoms with van der Waals surface area (Å²) in [4.78, 5) is 15.1. The van der Waals surface area contributed by atoms with E-state index in [9.17, 15) is 9.90 Å². The van der Waals surface area contributed by atoms with E-state index in [4.69, 9.17) is 0 Å². The first-order chi connectivity index (χ1) is 14.4. The fourth-order valence-corrected chi connectivity index (χ4v) is 10.4. The van der Waals surface area contributed by atoms with Crippen LogP contribution in [-0.2, 0) is 4.79 Å². The minimum atomic E-state index is -0.241. The Morgan fingerprint density at radius 3 is 2.53 bits per heavy atom. The maximum absolute atomic E-state index is 12.2. The molecule has 0 radical (unpaired) electrons. The molecular formula is C27H43NO2. The summed E-state index contributed by atoms with van der Waals surface area (Å²) in [6.45, 7) is 10.2. The Hall–Kier alpha value is -0.410. The number of carbonyl (C=O) groups is 1. The molecular weight excluding hydrogens is 370 g/mol. The summed E-state index contributed by atoms with van der Waals surface area (Å²) in [7, 11) is 0. The first-order valence-corrected chi connectivity index (χ1v) is 13.3. The number of hydrogen-bond donors (Lipinski definition) is 1. The lowest BCUT2D eigenvalue weighted by Crippen LogP contribution is -2.58. The topological polar surface area (TPSA) is 40.5 Å². The van der Waals surface area contributed by atoms with Crippen molar-refractivity contribution >= 4 is 5.78 Å². The van der Waals surface area contributed by atoms with Crippen LogP contribution in [0.3, 0.4) is 0 Å². The van der Waals surface area contributed by atoms with Crippen LogP contribution in [0.5, 0.6) is 0 Å². The summed E-state index contributed by atoms with van der Waals surface area (Å²) >= 11 is 0. The second-order valence-electron chi connectivity index (χ2n) is 13.0. The van der Waals surface area contributed by atoms with Crippen molar-refractivity contribution in [3.63, 3.8) is 0 Å². The molecule has 4 aliphatic carbocycles. The lowest BCUT2D eigenvalue weighted by atomic mass is 9.51. The van der Waals surface area contributed by atoms with Gasteiger partial charge in [0.15, 0.2) is 0 Å². The van der Waals surface area contributed by atoms with Crippen molar-refractivity contribution in [2.45, 2.75) is 90.7 Å². The van der Waals surface area contributed by atoms with Gasteiger partial charge < -0.3 is 5.11 Å². The molecule has 0 aromatic rings. The molecule has 0 unspecified atom stereocenters. The van der Waals surface area contributed by atoms with Gasteiger partial charge >= 0.3 is 0 Å². The molecule has 30 heavy (non-hydrogen) atoms. The maximum Gasteiger partial charge on any atom is 0.133 e. The van der Waals surface area contributed by atoms with E-state index in [1.54, 1.807) is 0 Å². The SMILES string of the molecule is C[C@@H]1CC[C@H]2[C@H](C)[C@@H]3CC[C@@H]4[C@@H](C[C@H]5[C@H]4C[C@@H](O)[C@H]4CC(=O)CC[C@@]45C)[C@@H]3CN2C1. The van der Waals surface area contributed by atoms with E-state index < -0.39 is 0 Å². The van der Waals surface area contributed by atoms with Crippen LogP contribution in [0.15, 0.2) is 0 Å². The van der Waals surface area contributed by atoms with Crippen LogP contribution in [0, 0.1) is 58.7 Å². The fourth-order valence-electron chi connectivity index (χ4n) is 10.4. The average Bonchev–Trinajstić information content (AvgIpc) is 3.09. The molecule has 0 amide bonds. The van der Waals surface area contributed by atoms with Gasteiger partial charge in [0.25, 0.3) is 0 Å². The van der Waals surface area contributed by atoms with Gasteiger partial charge in [-0.3, -0.25) is 9.69 Å². The first-order valence-electron chi connectivity index (χ1n) is 13.3. The number of aliphatic hydroxyl groups is 1. The predicted octanol–water partition coefficient (Wildman–Crippen LogP) is 4.77. The van der Waals surface area contributed by atoms with Gasteiger partial charge in [-0.1, -0.05) is 20.8 Å². The van der Waals surface area contributed by atoms with E-state index in [1.165, 1.54) is 45.2 Å². The quantitative estimate of drug-likeness (QED) is 0.622. The third-order valence-corrected chi connectivity index (χ3v) is 11.8. The van der Waals surface area contributed by atoms with Crippen molar-refractivity contribution in [3.8, 4) is 0 Å². The predicted molar refractivity (Wildman–Crippen MR) is 119 cm³/mol. The Labute approximate surface area is 183 Å². The van der Waals surface area contributed by atoms with Crippen LogP contribution < -0.4 is 0 Å². The molecule has 1 N–H and O–H groups in total. The van der Waals surface area contributed by atoms with Crippen LogP contribution in [0.1, 0.15) is 78.6 Å². The van der Waals surface area contributed by atoms with Crippen LogP contribution in [0.4, 0.5) is 0 Å². The molecule has 3 heteroatoms. The minimum Gasteiger partial charge on any atom is -0.393 e. The number of nitrogens with zero attached hydrogens (tertiary/aromatic N) is 1. The molecule has 168 valence electrons. The van der Waals surface area contributed by atoms with Crippen molar-refractivity contribution in [1.29, 1.82) is 0 Å². The molecule has 0 spiro atoms. The molecule has 2 saturated heterocycles. The summed E-state index contributed by atoms with van der Waals surface area (Å²) < 4.78 is 0. The van der Waals surface area contributed by atoms with Crippen molar-refractivity contribution in [2.75, 3.05) is 13.1 Å². The van der Waals surface area contributed by atoms with Gasteiger partial charge in [-0.05, 0) is 104 Å². The van der Waals surface area contributed by atoms with Gasteiger partial charge in [-0.25, -0.2) is 0 Å². The molecule has 12 atom stereocenters. The zero-order valence-corrected chi connectivity index (χ0v) is 19.4. The van der Waals surface area contributed by atoms with E-state index in [0.717, 1.165) is 66.7 Å². The molecule has 2 aliphatic heterocycles. The summed E-state index contributed by atoms with van der Waals surface area (Å²) in [5.41, 5.74) is 0.200. The Morgan fingerprint density at radius 1 is 0.900 bits per heavy atom. The molecule has 0 bridgehead atoms. The van der Waals surface area contributed by atoms with Crippen LogP contribution in [0.25, 0.3) is 0 Å². The van der Waals surface area contributed by atoms with Crippen LogP contribution in [-0.4, -0.2) is 41.0 Å². The lowest BCUT2D eigenvalue weighted by Gasteiger charge is -2.56. The smallest absolute Gasteiger partial charge is 0.133 e. The summed E-state index contributed by atoms with van der Waals surface area (Å²) in [5, 5.41) is 11.1. The van der Waals surface area contributed by atoms with Crippen molar-refractivity contribution in [3.05, 3.63) is 0 Å². The molecule has 3 nitrogen and oxygen atoms in total. The fraction of sp³-hybridized carbons (Fsp3) is 0.963. The van der Waals surface area contributed by atoms with Gasteiger partial charge in [-0.15, -0.1) is 0 Å². The molecule has 6 rings (SSSR count). The third kappa shape index (κ3) is 2.79. The Balaban J connectivity index is 1.28. The second-order valence-corrected chi connectivity index (χ2v) is 13.0. The monoisotopic (exact) mass is 413 g/mol. The number of fused-ring (bicyclic) bond motifs is 8. The maximum atomic E-state index is 12.2. The van der Waals surface area contributed by atoms with E-state index in [0.29, 0.717) is 18.1 Å². The molecule has 0 aromatic heterocycles. The van der Waals surface area contributed by atoms with Crippen LogP contribution >= 0.6 is 0 Å². The number of piperidine rings is 2. The number of rotatable bonds is 0. The largest absolute Gasteiger partial charge is 0.393 e. The van der Waals surface area contributed by atoms with E-state index >= 15 is 0 Å². The molecule has 4 saturated carbocycles. The number of hydrogen-bond acceptors (Lipinski definition) is 3. The highest BCUT2D eigenvalue weighted by molar-refractivity contribution is 5.79. The molecule has 6 fully saturated rings. The Kier molecular flexibility index (Phi) is 4.75. The number of aliphatic hydroxyl groups excluding tert-OH is 1. The summed E-state index contributed by atoms with van der Waals surface area (Å²) in [6.07, 6.45) is 10.3. The number of Topliss-reactive ketones (excluding diaryl/α,β-unsaturated/α-hetero) is 1. The highest BCUT2D eigenvalue weighted by Gasteiger charge is 2.62. The zero-order chi connectivity index (χ0) is 20.8. The molecule has 6 aliphatic rings. The lowest BCUT2D eigenvalue weighted by molar-refractivity contribution is -0.142. The van der Waals surface area contributed by atoms with E-state index in [1.807, 2.05) is 0 Å². The average molecular weight is 414 g/mol. The van der Waals surface area contributed by atoms with Gasteiger partial charge in [-0.2, -0.15) is 0 Å². The van der Waals surface area contributed by atoms with Crippen LogP contribution in [0.2, 0.25) is 0 Å². The van der Waals surface area contributed by atoms with Gasteiger partial charge in [0.2, 0.25) is 0 Å². The van der Waals surface area contributed by atoms with E-state index in [-0.39, 0.29) is 17.4 Å². The van der Waals surface area contributed by atoms with Gasteiger partial charge in [0.1, 0.15) is 5.78 Å². The zero-order valence-electron chi connectivity index (χ0n) is 19.4. The number of ketones is 1. The van der Waals surface area contributed by atoms with Crippen molar-refractivity contribution in [1.82, 2.24) is 4.90 Å². The van der Waals surface area contributed by atoms with Crippen molar-refractivity contribution < 1.29 is 9.90 Å². The van der Waals surface area contributed by atoms with Gasteiger partial charge in [0.05, 0.1) is 6.10 Å². The normalized spacial score (nSPS) is 58.3. The van der Waals surface area contributed by atoms with Crippen molar-refractivity contribution in [2.24, 2.45) is 58.7 Å². The summed E-state index contributed by atoms with van der Waals surface area (Å²) in [5.74, 6) is 7.36. The molecule has 0 aromatic carbocycles. The minimum absolute atomic E-state index is 0.200. The third-order valence-electron chi connectivity index (χ3n) is 11.8. The summed E-state index contributed by atoms with van der Waals surface area (Å²) in [6, 6.07) is 0.843. The highest BCUT2D eigenvalue weighted by atomic mass is 16.3. The molecule has 2 heterocycles. The first kappa shape index (κ1) is 20.2. The number of carbonyl (C=O) groups excluding carboxylic acids is 1. The highest BCUT2D eigenvalue weighted by Crippen LogP contribution is 2.66. The van der Waals surface area contributed by atoms with Gasteiger partial charge in [0, 0.05) is 32.0 Å². The second kappa shape index (κ2) is 7.04. The van der Waals surface area contributed by atoms with E-state index in [2.05, 4.69) is 25.7 Å². The standard InChI is InChI=1S/C27H43NO2/c1-15-4-7-25-16(2)18-5-6-19-20(22(18)14-28(25)13-15)11-23-21(19)12-26(30)24-10-17(29)8-9-27(23,24)3/h15-16,18-26,30H,4-14H2,1-3H3/t15-,16-,18+,19-,20-,21+,22-,23+,24-,25+,26-,27-/m1/s1. The Bertz CT molecular complexity index is 705.